The van der Waals surface area contributed by atoms with Gasteiger partial charge in [0.15, 0.2) is 0 Å². The summed E-state index contributed by atoms with van der Waals surface area (Å²) < 4.78 is 1.81. The molecule has 5 heteroatoms. The van der Waals surface area contributed by atoms with Gasteiger partial charge in [0.2, 0.25) is 11.9 Å². The highest BCUT2D eigenvalue weighted by Crippen LogP contribution is 2.20. The fourth-order valence-electron chi connectivity index (χ4n) is 1.76. The summed E-state index contributed by atoms with van der Waals surface area (Å²) in [7, 11) is 0. The number of aromatic nitrogens is 2. The van der Waals surface area contributed by atoms with Crippen molar-refractivity contribution in [2.45, 2.75) is 19.9 Å². The molecule has 84 valence electrons. The van der Waals surface area contributed by atoms with Gasteiger partial charge in [-0.1, -0.05) is 12.1 Å². The number of carbonyl (C=O) groups is 1. The van der Waals surface area contributed by atoms with Crippen LogP contribution in [-0.4, -0.2) is 15.5 Å². The molecule has 0 radical (unpaired) electrons. The molecule has 1 amide bonds. The van der Waals surface area contributed by atoms with Crippen LogP contribution < -0.4 is 11.5 Å². The van der Waals surface area contributed by atoms with E-state index in [1.807, 2.05) is 29.7 Å². The number of carbonyl (C=O) groups excluding carboxylic acids is 1. The first-order valence-electron chi connectivity index (χ1n) is 5.09. The van der Waals surface area contributed by atoms with Gasteiger partial charge in [0.25, 0.3) is 0 Å². The number of anilines is 1. The van der Waals surface area contributed by atoms with E-state index in [0.717, 1.165) is 16.6 Å². The molecule has 0 fully saturated rings. The van der Waals surface area contributed by atoms with E-state index in [0.29, 0.717) is 12.5 Å². The zero-order valence-corrected chi connectivity index (χ0v) is 9.10. The number of fused-ring (bicyclic) bond motifs is 1. The number of para-hydroxylation sites is 1. The molecule has 0 saturated carbocycles. The highest BCUT2D eigenvalue weighted by molar-refractivity contribution is 5.81. The van der Waals surface area contributed by atoms with Crippen LogP contribution >= 0.6 is 0 Å². The summed E-state index contributed by atoms with van der Waals surface area (Å²) in [6.45, 7) is 2.45. The van der Waals surface area contributed by atoms with Crippen molar-refractivity contribution in [1.29, 1.82) is 0 Å². The van der Waals surface area contributed by atoms with Crippen molar-refractivity contribution in [3.63, 3.8) is 0 Å². The molecule has 5 nitrogen and oxygen atoms in total. The van der Waals surface area contributed by atoms with Crippen LogP contribution in [0.25, 0.3) is 11.0 Å². The summed E-state index contributed by atoms with van der Waals surface area (Å²) in [5.74, 6) is 0.0828. The van der Waals surface area contributed by atoms with Crippen LogP contribution in [0, 0.1) is 6.92 Å². The van der Waals surface area contributed by atoms with Crippen LogP contribution in [0.1, 0.15) is 12.0 Å². The van der Waals surface area contributed by atoms with E-state index in [4.69, 9.17) is 11.5 Å². The number of rotatable bonds is 3. The first kappa shape index (κ1) is 10.5. The molecule has 1 aromatic heterocycles. The van der Waals surface area contributed by atoms with Gasteiger partial charge >= 0.3 is 0 Å². The van der Waals surface area contributed by atoms with Crippen molar-refractivity contribution in [2.75, 3.05) is 5.73 Å². The quantitative estimate of drug-likeness (QED) is 0.798. The molecular formula is C11H14N4O. The molecule has 0 spiro atoms. The molecule has 0 saturated heterocycles. The molecule has 2 aromatic rings. The molecule has 1 heterocycles. The third-order valence-corrected chi connectivity index (χ3v) is 2.59. The highest BCUT2D eigenvalue weighted by atomic mass is 16.1. The Morgan fingerprint density at radius 2 is 2.25 bits per heavy atom. The average Bonchev–Trinajstić information content (AvgIpc) is 2.53. The molecule has 0 bridgehead atoms. The number of benzene rings is 1. The lowest BCUT2D eigenvalue weighted by Gasteiger charge is -2.04. The van der Waals surface area contributed by atoms with Gasteiger partial charge in [-0.05, 0) is 18.6 Å². The standard InChI is InChI=1S/C11H14N4O/c1-7-3-2-4-8-10(7)14-11(13)15(8)6-5-9(12)16/h2-4H,5-6H2,1H3,(H2,12,16)(H2,13,14). The van der Waals surface area contributed by atoms with Crippen LogP contribution in [0.4, 0.5) is 5.95 Å². The smallest absolute Gasteiger partial charge is 0.219 e. The van der Waals surface area contributed by atoms with Crippen molar-refractivity contribution in [3.05, 3.63) is 23.8 Å². The second kappa shape index (κ2) is 3.84. The lowest BCUT2D eigenvalue weighted by molar-refractivity contribution is -0.118. The van der Waals surface area contributed by atoms with E-state index in [-0.39, 0.29) is 12.3 Å². The Morgan fingerprint density at radius 1 is 1.50 bits per heavy atom. The first-order chi connectivity index (χ1) is 7.59. The lowest BCUT2D eigenvalue weighted by Crippen LogP contribution is -2.14. The summed E-state index contributed by atoms with van der Waals surface area (Å²) in [5, 5.41) is 0. The first-order valence-corrected chi connectivity index (χ1v) is 5.09. The van der Waals surface area contributed by atoms with E-state index in [2.05, 4.69) is 4.98 Å². The monoisotopic (exact) mass is 218 g/mol. The molecule has 0 unspecified atom stereocenters. The van der Waals surface area contributed by atoms with Gasteiger partial charge < -0.3 is 16.0 Å². The van der Waals surface area contributed by atoms with Gasteiger partial charge in [-0.15, -0.1) is 0 Å². The largest absolute Gasteiger partial charge is 0.370 e. The molecule has 0 aliphatic heterocycles. The molecule has 2 rings (SSSR count). The Kier molecular flexibility index (Phi) is 2.52. The van der Waals surface area contributed by atoms with Gasteiger partial charge in [0, 0.05) is 13.0 Å². The fourth-order valence-corrected chi connectivity index (χ4v) is 1.76. The van der Waals surface area contributed by atoms with Crippen molar-refractivity contribution < 1.29 is 4.79 Å². The Labute approximate surface area is 93.1 Å². The van der Waals surface area contributed by atoms with Crippen molar-refractivity contribution in [3.8, 4) is 0 Å². The van der Waals surface area contributed by atoms with E-state index < -0.39 is 0 Å². The van der Waals surface area contributed by atoms with E-state index >= 15 is 0 Å². The molecule has 0 aliphatic rings. The predicted octanol–water partition coefficient (Wildman–Crippen LogP) is 0.802. The van der Waals surface area contributed by atoms with Crippen LogP contribution in [0.2, 0.25) is 0 Å². The minimum atomic E-state index is -0.339. The zero-order chi connectivity index (χ0) is 11.7. The normalized spacial score (nSPS) is 10.8. The third kappa shape index (κ3) is 1.71. The van der Waals surface area contributed by atoms with Crippen LogP contribution in [-0.2, 0) is 11.3 Å². The predicted molar refractivity (Wildman–Crippen MR) is 62.7 cm³/mol. The molecule has 0 aliphatic carbocycles. The third-order valence-electron chi connectivity index (χ3n) is 2.59. The maximum absolute atomic E-state index is 10.8. The number of primary amides is 1. The minimum Gasteiger partial charge on any atom is -0.370 e. The molecular weight excluding hydrogens is 204 g/mol. The molecule has 4 N–H and O–H groups in total. The van der Waals surface area contributed by atoms with Crippen molar-refractivity contribution >= 4 is 22.9 Å². The topological polar surface area (TPSA) is 86.9 Å². The second-order valence-corrected chi connectivity index (χ2v) is 3.78. The number of hydrogen-bond acceptors (Lipinski definition) is 3. The maximum Gasteiger partial charge on any atom is 0.219 e. The number of hydrogen-bond donors (Lipinski definition) is 2. The average molecular weight is 218 g/mol. The summed E-state index contributed by atoms with van der Waals surface area (Å²) in [6.07, 6.45) is 0.267. The Balaban J connectivity index is 2.48. The minimum absolute atomic E-state index is 0.267. The van der Waals surface area contributed by atoms with E-state index in [1.54, 1.807) is 0 Å². The second-order valence-electron chi connectivity index (χ2n) is 3.78. The Bertz CT molecular complexity index is 544. The summed E-state index contributed by atoms with van der Waals surface area (Å²) in [6, 6.07) is 5.86. The van der Waals surface area contributed by atoms with Crippen LogP contribution in [0.3, 0.4) is 0 Å². The van der Waals surface area contributed by atoms with Crippen LogP contribution in [0.15, 0.2) is 18.2 Å². The number of amides is 1. The maximum atomic E-state index is 10.8. The number of imidazole rings is 1. The van der Waals surface area contributed by atoms with Gasteiger partial charge in [0.1, 0.15) is 0 Å². The zero-order valence-electron chi connectivity index (χ0n) is 9.10. The van der Waals surface area contributed by atoms with Gasteiger partial charge in [-0.3, -0.25) is 4.79 Å². The van der Waals surface area contributed by atoms with Crippen molar-refractivity contribution in [2.24, 2.45) is 5.73 Å². The van der Waals surface area contributed by atoms with Gasteiger partial charge in [-0.2, -0.15) is 0 Å². The van der Waals surface area contributed by atoms with E-state index in [1.165, 1.54) is 0 Å². The lowest BCUT2D eigenvalue weighted by atomic mass is 10.2. The number of aryl methyl sites for hydroxylation is 2. The Morgan fingerprint density at radius 3 is 2.94 bits per heavy atom. The molecule has 1 aromatic carbocycles. The van der Waals surface area contributed by atoms with Gasteiger partial charge in [-0.25, -0.2) is 4.98 Å². The summed E-state index contributed by atoms with van der Waals surface area (Å²) in [4.78, 5) is 15.0. The summed E-state index contributed by atoms with van der Waals surface area (Å²) >= 11 is 0. The molecule has 16 heavy (non-hydrogen) atoms. The summed E-state index contributed by atoms with van der Waals surface area (Å²) in [5.41, 5.74) is 13.8. The Hall–Kier alpha value is -2.04. The molecule has 0 atom stereocenters. The fraction of sp³-hybridized carbons (Fsp3) is 0.273. The highest BCUT2D eigenvalue weighted by Gasteiger charge is 2.09. The van der Waals surface area contributed by atoms with E-state index in [9.17, 15) is 4.79 Å². The van der Waals surface area contributed by atoms with Gasteiger partial charge in [0.05, 0.1) is 11.0 Å². The number of nitrogens with two attached hydrogens (primary N) is 2. The number of nitrogens with zero attached hydrogens (tertiary/aromatic N) is 2. The SMILES string of the molecule is Cc1cccc2c1nc(N)n2CCC(N)=O. The number of nitrogen functional groups attached to an aromatic ring is 1. The van der Waals surface area contributed by atoms with Crippen LogP contribution in [0.5, 0.6) is 0 Å². The van der Waals surface area contributed by atoms with Crippen molar-refractivity contribution in [1.82, 2.24) is 9.55 Å².